The van der Waals surface area contributed by atoms with Crippen LogP contribution in [0.15, 0.2) is 41.7 Å². The summed E-state index contributed by atoms with van der Waals surface area (Å²) in [5, 5.41) is 7.56. The van der Waals surface area contributed by atoms with Gasteiger partial charge in [-0.25, -0.2) is 9.38 Å². The minimum Gasteiger partial charge on any atom is -0.486 e. The Kier molecular flexibility index (Phi) is 6.86. The third-order valence-electron chi connectivity index (χ3n) is 4.46. The monoisotopic (exact) mass is 389 g/mol. The number of aliphatic imine (C=N–C) groups is 1. The van der Waals surface area contributed by atoms with Gasteiger partial charge in [0.05, 0.1) is 25.9 Å². The fourth-order valence-electron chi connectivity index (χ4n) is 3.08. The van der Waals surface area contributed by atoms with Crippen molar-refractivity contribution >= 4 is 5.96 Å². The van der Waals surface area contributed by atoms with Crippen molar-refractivity contribution in [3.63, 3.8) is 0 Å². The zero-order chi connectivity index (χ0) is 19.9. The van der Waals surface area contributed by atoms with Crippen LogP contribution in [0.4, 0.5) is 4.39 Å². The lowest BCUT2D eigenvalue weighted by Gasteiger charge is -2.35. The van der Waals surface area contributed by atoms with Gasteiger partial charge in [0, 0.05) is 31.9 Å². The molecule has 1 aromatic heterocycles. The first-order valence-electron chi connectivity index (χ1n) is 9.61. The van der Waals surface area contributed by atoms with E-state index in [1.165, 1.54) is 6.07 Å². The fraction of sp³-hybridized carbons (Fsp3) is 0.500. The molecule has 0 spiro atoms. The molecule has 8 heteroatoms. The van der Waals surface area contributed by atoms with Gasteiger partial charge in [-0.15, -0.1) is 0 Å². The minimum absolute atomic E-state index is 0.0432. The molecular formula is C20H28FN5O2. The topological polar surface area (TPSA) is 63.9 Å². The molecule has 1 saturated heterocycles. The van der Waals surface area contributed by atoms with Crippen LogP contribution in [0.3, 0.4) is 0 Å². The number of ether oxygens (including phenoxy) is 2. The van der Waals surface area contributed by atoms with Gasteiger partial charge in [-0.1, -0.05) is 12.1 Å². The molecule has 28 heavy (non-hydrogen) atoms. The first kappa shape index (κ1) is 20.1. The lowest BCUT2D eigenvalue weighted by atomic mass is 10.1. The third-order valence-corrected chi connectivity index (χ3v) is 4.46. The number of guanidine groups is 1. The number of benzene rings is 1. The molecule has 2 unspecified atom stereocenters. The summed E-state index contributed by atoms with van der Waals surface area (Å²) >= 11 is 0. The van der Waals surface area contributed by atoms with E-state index in [0.29, 0.717) is 19.7 Å². The van der Waals surface area contributed by atoms with Crippen molar-refractivity contribution in [3.05, 3.63) is 48.0 Å². The molecular weight excluding hydrogens is 361 g/mol. The summed E-state index contributed by atoms with van der Waals surface area (Å²) in [6.07, 6.45) is 3.52. The number of aryl methyl sites for hydroxylation is 1. The molecule has 1 fully saturated rings. The van der Waals surface area contributed by atoms with Crippen LogP contribution in [0.25, 0.3) is 0 Å². The second-order valence-corrected chi connectivity index (χ2v) is 6.81. The van der Waals surface area contributed by atoms with Crippen LogP contribution in [-0.2, 0) is 11.8 Å². The van der Waals surface area contributed by atoms with Crippen molar-refractivity contribution in [2.24, 2.45) is 12.0 Å². The highest BCUT2D eigenvalue weighted by atomic mass is 19.1. The Morgan fingerprint density at radius 2 is 2.29 bits per heavy atom. The number of hydrogen-bond acceptors (Lipinski definition) is 4. The van der Waals surface area contributed by atoms with Gasteiger partial charge in [0.2, 0.25) is 0 Å². The fourth-order valence-corrected chi connectivity index (χ4v) is 3.08. The average molecular weight is 389 g/mol. The maximum atomic E-state index is 13.8. The Balaban J connectivity index is 1.63. The van der Waals surface area contributed by atoms with E-state index in [4.69, 9.17) is 14.5 Å². The van der Waals surface area contributed by atoms with Crippen molar-refractivity contribution in [1.29, 1.82) is 0 Å². The number of nitrogens with one attached hydrogen (secondary N) is 1. The van der Waals surface area contributed by atoms with E-state index >= 15 is 0 Å². The lowest BCUT2D eigenvalue weighted by Crippen LogP contribution is -2.48. The highest BCUT2D eigenvalue weighted by Crippen LogP contribution is 2.22. The van der Waals surface area contributed by atoms with Crippen LogP contribution in [0, 0.1) is 5.82 Å². The van der Waals surface area contributed by atoms with Crippen LogP contribution < -0.4 is 10.1 Å². The maximum Gasteiger partial charge on any atom is 0.194 e. The smallest absolute Gasteiger partial charge is 0.194 e. The van der Waals surface area contributed by atoms with E-state index in [0.717, 1.165) is 24.6 Å². The summed E-state index contributed by atoms with van der Waals surface area (Å²) < 4.78 is 27.1. The van der Waals surface area contributed by atoms with Crippen molar-refractivity contribution in [2.75, 3.05) is 32.8 Å². The zero-order valence-electron chi connectivity index (χ0n) is 16.6. The van der Waals surface area contributed by atoms with Crippen molar-refractivity contribution in [1.82, 2.24) is 20.0 Å². The number of rotatable bonds is 6. The molecule has 152 valence electrons. The average Bonchev–Trinajstić information content (AvgIpc) is 3.13. The largest absolute Gasteiger partial charge is 0.486 e. The molecule has 7 nitrogen and oxygen atoms in total. The van der Waals surface area contributed by atoms with E-state index in [1.54, 1.807) is 22.9 Å². The quantitative estimate of drug-likeness (QED) is 0.607. The first-order valence-corrected chi connectivity index (χ1v) is 9.61. The SMILES string of the molecule is CCNC(=NCC(C)Oc1ccccc1F)N1CCOC(c2cnn(C)c2)C1. The molecule has 0 aliphatic carbocycles. The van der Waals surface area contributed by atoms with Crippen LogP contribution in [-0.4, -0.2) is 59.5 Å². The molecule has 1 aromatic carbocycles. The number of hydrogen-bond donors (Lipinski definition) is 1. The second kappa shape index (κ2) is 9.54. The highest BCUT2D eigenvalue weighted by Gasteiger charge is 2.25. The Hall–Kier alpha value is -2.61. The van der Waals surface area contributed by atoms with E-state index < -0.39 is 0 Å². The van der Waals surface area contributed by atoms with E-state index in [9.17, 15) is 4.39 Å². The van der Waals surface area contributed by atoms with E-state index in [2.05, 4.69) is 15.3 Å². The maximum absolute atomic E-state index is 13.8. The summed E-state index contributed by atoms with van der Waals surface area (Å²) in [7, 11) is 1.90. The second-order valence-electron chi connectivity index (χ2n) is 6.81. The van der Waals surface area contributed by atoms with Gasteiger partial charge in [-0.3, -0.25) is 4.68 Å². The number of aromatic nitrogens is 2. The summed E-state index contributed by atoms with van der Waals surface area (Å²) in [5.74, 6) is 0.694. The number of morpholine rings is 1. The third kappa shape index (κ3) is 5.22. The predicted octanol–water partition coefficient (Wildman–Crippen LogP) is 2.37. The first-order chi connectivity index (χ1) is 13.6. The van der Waals surface area contributed by atoms with Crippen LogP contribution in [0.1, 0.15) is 25.5 Å². The minimum atomic E-state index is -0.363. The molecule has 2 aromatic rings. The van der Waals surface area contributed by atoms with Crippen LogP contribution in [0.5, 0.6) is 5.75 Å². The number of para-hydroxylation sites is 1. The molecule has 2 atom stereocenters. The van der Waals surface area contributed by atoms with Gasteiger partial charge in [0.25, 0.3) is 0 Å². The predicted molar refractivity (Wildman–Crippen MR) is 106 cm³/mol. The normalized spacial score (nSPS) is 18.8. The Morgan fingerprint density at radius 3 is 3.00 bits per heavy atom. The van der Waals surface area contributed by atoms with Crippen molar-refractivity contribution in [2.45, 2.75) is 26.1 Å². The molecule has 3 rings (SSSR count). The summed E-state index contributed by atoms with van der Waals surface area (Å²) in [6, 6.07) is 6.42. The highest BCUT2D eigenvalue weighted by molar-refractivity contribution is 5.80. The number of halogens is 1. The van der Waals surface area contributed by atoms with Crippen molar-refractivity contribution < 1.29 is 13.9 Å². The van der Waals surface area contributed by atoms with Gasteiger partial charge in [0.15, 0.2) is 17.5 Å². The summed E-state index contributed by atoms with van der Waals surface area (Å²) in [5.41, 5.74) is 1.05. The van der Waals surface area contributed by atoms with Gasteiger partial charge in [-0.2, -0.15) is 5.10 Å². The lowest BCUT2D eigenvalue weighted by molar-refractivity contribution is -0.00808. The molecule has 1 aliphatic rings. The standard InChI is InChI=1S/C20H28FN5O2/c1-4-22-20(23-11-15(2)28-18-8-6-5-7-17(18)21)26-9-10-27-19(14-26)16-12-24-25(3)13-16/h5-8,12-13,15,19H,4,9-11,14H2,1-3H3,(H,22,23). The van der Waals surface area contributed by atoms with Crippen LogP contribution >= 0.6 is 0 Å². The van der Waals surface area contributed by atoms with Gasteiger partial charge < -0.3 is 19.7 Å². The molecule has 0 bridgehead atoms. The van der Waals surface area contributed by atoms with Crippen molar-refractivity contribution in [3.8, 4) is 5.75 Å². The van der Waals surface area contributed by atoms with Gasteiger partial charge in [-0.05, 0) is 26.0 Å². The summed E-state index contributed by atoms with van der Waals surface area (Å²) in [6.45, 7) is 7.17. The zero-order valence-corrected chi connectivity index (χ0v) is 16.6. The van der Waals surface area contributed by atoms with E-state index in [-0.39, 0.29) is 23.8 Å². The van der Waals surface area contributed by atoms with Gasteiger partial charge >= 0.3 is 0 Å². The van der Waals surface area contributed by atoms with Crippen LogP contribution in [0.2, 0.25) is 0 Å². The molecule has 0 radical (unpaired) electrons. The molecule has 1 N–H and O–H groups in total. The Morgan fingerprint density at radius 1 is 1.46 bits per heavy atom. The Bertz CT molecular complexity index is 794. The number of nitrogens with zero attached hydrogens (tertiary/aromatic N) is 4. The Labute approximate surface area is 165 Å². The molecule has 0 amide bonds. The summed E-state index contributed by atoms with van der Waals surface area (Å²) in [4.78, 5) is 6.88. The van der Waals surface area contributed by atoms with E-state index in [1.807, 2.05) is 33.3 Å². The molecule has 0 saturated carbocycles. The molecule has 2 heterocycles. The van der Waals surface area contributed by atoms with Gasteiger partial charge in [0.1, 0.15) is 12.2 Å². The molecule has 1 aliphatic heterocycles.